The van der Waals surface area contributed by atoms with Crippen molar-refractivity contribution in [2.24, 2.45) is 0 Å². The van der Waals surface area contributed by atoms with Crippen molar-refractivity contribution < 1.29 is 4.39 Å². The van der Waals surface area contributed by atoms with E-state index in [1.165, 1.54) is 18.3 Å². The maximum absolute atomic E-state index is 13.2. The van der Waals surface area contributed by atoms with Crippen molar-refractivity contribution in [1.29, 1.82) is 0 Å². The molecule has 2 aromatic rings. The third-order valence-corrected chi connectivity index (χ3v) is 2.76. The van der Waals surface area contributed by atoms with Gasteiger partial charge in [-0.2, -0.15) is 0 Å². The van der Waals surface area contributed by atoms with Crippen molar-refractivity contribution in [3.63, 3.8) is 0 Å². The minimum absolute atomic E-state index is 0.0473. The molecule has 0 unspecified atom stereocenters. The van der Waals surface area contributed by atoms with Crippen LogP contribution in [0.1, 0.15) is 0 Å². The zero-order chi connectivity index (χ0) is 12.4. The van der Waals surface area contributed by atoms with Crippen molar-refractivity contribution in [3.05, 3.63) is 51.3 Å². The molecule has 1 heterocycles. The first-order chi connectivity index (χ1) is 8.06. The lowest BCUT2D eigenvalue weighted by Crippen LogP contribution is -1.94. The number of nitrogens with zero attached hydrogens (tertiary/aromatic N) is 1. The normalized spacial score (nSPS) is 10.4. The van der Waals surface area contributed by atoms with Gasteiger partial charge in [0.1, 0.15) is 5.82 Å². The van der Waals surface area contributed by atoms with E-state index in [1.807, 2.05) is 0 Å². The number of nitrogens with one attached hydrogen (secondary N) is 1. The van der Waals surface area contributed by atoms with Crippen molar-refractivity contribution in [3.8, 4) is 0 Å². The summed E-state index contributed by atoms with van der Waals surface area (Å²) in [4.78, 5) is 4.03. The van der Waals surface area contributed by atoms with E-state index >= 15 is 0 Å². The summed E-state index contributed by atoms with van der Waals surface area (Å²) in [6.45, 7) is 0. The predicted octanol–water partition coefficient (Wildman–Crippen LogP) is 4.92. The van der Waals surface area contributed by atoms with Gasteiger partial charge in [0.25, 0.3) is 0 Å². The van der Waals surface area contributed by atoms with E-state index in [4.69, 9.17) is 34.8 Å². The Balaban J connectivity index is 2.27. The number of halogens is 4. The third kappa shape index (κ3) is 3.00. The van der Waals surface area contributed by atoms with Gasteiger partial charge >= 0.3 is 0 Å². The van der Waals surface area contributed by atoms with Crippen LogP contribution in [-0.4, -0.2) is 4.98 Å². The zero-order valence-corrected chi connectivity index (χ0v) is 10.6. The lowest BCUT2D eigenvalue weighted by molar-refractivity contribution is 0.629. The van der Waals surface area contributed by atoms with Gasteiger partial charge in [-0.1, -0.05) is 34.8 Å². The number of anilines is 2. The van der Waals surface area contributed by atoms with Crippen molar-refractivity contribution in [1.82, 2.24) is 4.98 Å². The Kier molecular flexibility index (Phi) is 3.72. The van der Waals surface area contributed by atoms with Crippen molar-refractivity contribution >= 4 is 46.3 Å². The summed E-state index contributed by atoms with van der Waals surface area (Å²) >= 11 is 17.0. The molecule has 88 valence electrons. The largest absolute Gasteiger partial charge is 0.340 e. The first-order valence-corrected chi connectivity index (χ1v) is 5.73. The molecular weight excluding hydrogens is 285 g/mol. The Morgan fingerprint density at radius 1 is 1.06 bits per heavy atom. The number of hydrogen-bond donors (Lipinski definition) is 1. The molecule has 1 aromatic carbocycles. The maximum atomic E-state index is 13.2. The topological polar surface area (TPSA) is 24.9 Å². The lowest BCUT2D eigenvalue weighted by Gasteiger charge is -2.07. The fourth-order valence-electron chi connectivity index (χ4n) is 1.23. The quantitative estimate of drug-likeness (QED) is 0.794. The van der Waals surface area contributed by atoms with E-state index in [2.05, 4.69) is 10.3 Å². The second-order valence-corrected chi connectivity index (χ2v) is 4.49. The maximum Gasteiger partial charge on any atom is 0.160 e. The van der Waals surface area contributed by atoms with E-state index in [0.717, 1.165) is 0 Å². The summed E-state index contributed by atoms with van der Waals surface area (Å²) in [5, 5.41) is 3.37. The molecule has 6 heteroatoms. The van der Waals surface area contributed by atoms with Crippen LogP contribution in [0.15, 0.2) is 30.5 Å². The van der Waals surface area contributed by atoms with E-state index in [0.29, 0.717) is 16.5 Å². The lowest BCUT2D eigenvalue weighted by atomic mass is 10.3. The standard InChI is InChI=1S/C11H6Cl3FN2/c12-6-1-2-10(16-5-6)17-7-3-8(13)11(15)9(14)4-7/h1-5H,(H,16,17). The monoisotopic (exact) mass is 290 g/mol. The molecule has 0 radical (unpaired) electrons. The Hall–Kier alpha value is -1.03. The summed E-state index contributed by atoms with van der Waals surface area (Å²) < 4.78 is 13.2. The van der Waals surface area contributed by atoms with Crippen LogP contribution in [0.25, 0.3) is 0 Å². The molecule has 0 amide bonds. The molecule has 0 bridgehead atoms. The molecule has 0 aliphatic carbocycles. The minimum Gasteiger partial charge on any atom is -0.340 e. The van der Waals surface area contributed by atoms with Gasteiger partial charge in [0.15, 0.2) is 5.82 Å². The van der Waals surface area contributed by atoms with Crippen LogP contribution in [0.2, 0.25) is 15.1 Å². The van der Waals surface area contributed by atoms with Crippen LogP contribution in [0.3, 0.4) is 0 Å². The first kappa shape index (κ1) is 12.4. The van der Waals surface area contributed by atoms with Crippen molar-refractivity contribution in [2.45, 2.75) is 0 Å². The van der Waals surface area contributed by atoms with Crippen LogP contribution in [0.5, 0.6) is 0 Å². The Bertz CT molecular complexity index is 520. The molecule has 0 aliphatic rings. The van der Waals surface area contributed by atoms with E-state index in [1.54, 1.807) is 12.1 Å². The average Bonchev–Trinajstić information content (AvgIpc) is 2.29. The summed E-state index contributed by atoms with van der Waals surface area (Å²) in [5.74, 6) is -0.0731. The summed E-state index contributed by atoms with van der Waals surface area (Å²) in [6, 6.07) is 6.23. The third-order valence-electron chi connectivity index (χ3n) is 1.98. The summed E-state index contributed by atoms with van der Waals surface area (Å²) in [7, 11) is 0. The molecule has 2 rings (SSSR count). The molecule has 17 heavy (non-hydrogen) atoms. The van der Waals surface area contributed by atoms with Crippen LogP contribution >= 0.6 is 34.8 Å². The Morgan fingerprint density at radius 3 is 2.24 bits per heavy atom. The number of aromatic nitrogens is 1. The second kappa shape index (κ2) is 5.08. The highest BCUT2D eigenvalue weighted by atomic mass is 35.5. The molecule has 0 atom stereocenters. The molecule has 0 spiro atoms. The van der Waals surface area contributed by atoms with Gasteiger partial charge in [-0.05, 0) is 24.3 Å². The number of benzene rings is 1. The Labute approximate surface area is 112 Å². The molecule has 2 nitrogen and oxygen atoms in total. The zero-order valence-electron chi connectivity index (χ0n) is 8.35. The fraction of sp³-hybridized carbons (Fsp3) is 0. The van der Waals surface area contributed by atoms with E-state index < -0.39 is 5.82 Å². The number of hydrogen-bond acceptors (Lipinski definition) is 2. The van der Waals surface area contributed by atoms with Crippen LogP contribution in [-0.2, 0) is 0 Å². The van der Waals surface area contributed by atoms with Crippen LogP contribution in [0.4, 0.5) is 15.9 Å². The first-order valence-electron chi connectivity index (χ1n) is 4.59. The summed E-state index contributed by atoms with van der Waals surface area (Å²) in [6.07, 6.45) is 1.50. The van der Waals surface area contributed by atoms with Gasteiger partial charge in [-0.3, -0.25) is 0 Å². The summed E-state index contributed by atoms with van der Waals surface area (Å²) in [5.41, 5.74) is 0.552. The molecule has 1 N–H and O–H groups in total. The fourth-order valence-corrected chi connectivity index (χ4v) is 1.82. The second-order valence-electron chi connectivity index (χ2n) is 3.24. The van der Waals surface area contributed by atoms with Gasteiger partial charge in [0.05, 0.1) is 15.1 Å². The molecule has 0 fully saturated rings. The van der Waals surface area contributed by atoms with E-state index in [-0.39, 0.29) is 10.0 Å². The van der Waals surface area contributed by atoms with Gasteiger partial charge < -0.3 is 5.32 Å². The van der Waals surface area contributed by atoms with Gasteiger partial charge in [0, 0.05) is 11.9 Å². The highest BCUT2D eigenvalue weighted by Gasteiger charge is 2.07. The highest BCUT2D eigenvalue weighted by Crippen LogP contribution is 2.28. The van der Waals surface area contributed by atoms with Gasteiger partial charge in [-0.15, -0.1) is 0 Å². The highest BCUT2D eigenvalue weighted by molar-refractivity contribution is 6.35. The Morgan fingerprint density at radius 2 is 1.71 bits per heavy atom. The SMILES string of the molecule is Fc1c(Cl)cc(Nc2ccc(Cl)cn2)cc1Cl. The van der Waals surface area contributed by atoms with Gasteiger partial charge in [0.2, 0.25) is 0 Å². The molecule has 1 aromatic heterocycles. The van der Waals surface area contributed by atoms with Gasteiger partial charge in [-0.25, -0.2) is 9.37 Å². The number of pyridine rings is 1. The number of rotatable bonds is 2. The molecule has 0 saturated heterocycles. The van der Waals surface area contributed by atoms with Crippen LogP contribution in [0, 0.1) is 5.82 Å². The molecule has 0 saturated carbocycles. The van der Waals surface area contributed by atoms with Crippen molar-refractivity contribution in [2.75, 3.05) is 5.32 Å². The molecular formula is C11H6Cl3FN2. The predicted molar refractivity (Wildman–Crippen MR) is 68.9 cm³/mol. The van der Waals surface area contributed by atoms with Crippen LogP contribution < -0.4 is 5.32 Å². The minimum atomic E-state index is -0.636. The smallest absolute Gasteiger partial charge is 0.160 e. The molecule has 0 aliphatic heterocycles. The average molecular weight is 292 g/mol. The van der Waals surface area contributed by atoms with E-state index in [9.17, 15) is 4.39 Å².